The zero-order valence-corrected chi connectivity index (χ0v) is 20.9. The summed E-state index contributed by atoms with van der Waals surface area (Å²) in [5.74, 6) is 1.52. The summed E-state index contributed by atoms with van der Waals surface area (Å²) in [6.45, 7) is 4.69. The first-order chi connectivity index (χ1) is 16.4. The van der Waals surface area contributed by atoms with Crippen LogP contribution in [0.25, 0.3) is 0 Å². The molecule has 9 nitrogen and oxygen atoms in total. The molecule has 7 atom stereocenters. The Labute approximate surface area is 204 Å². The molecule has 9 N–H and O–H groups in total. The number of nitrogens with one attached hydrogen (secondary N) is 1. The van der Waals surface area contributed by atoms with E-state index in [1.807, 2.05) is 6.07 Å². The van der Waals surface area contributed by atoms with Crippen molar-refractivity contribution in [1.82, 2.24) is 15.1 Å². The standard InChI is InChI=1S/C25H45N7O2/c1-33-24-6-4-16(7-25(24)34-2)3-5-23-22(29)9-19(28)15-32(23)21-10-20(11-30-12-21)31-13-17(26)8-18(27)14-31/h4,6-7,17-23,30H,3,5,8-15,26-29H2,1-2H3. The van der Waals surface area contributed by atoms with Gasteiger partial charge in [0.25, 0.3) is 0 Å². The molecule has 3 heterocycles. The quantitative estimate of drug-likeness (QED) is 0.351. The highest BCUT2D eigenvalue weighted by Gasteiger charge is 2.40. The van der Waals surface area contributed by atoms with Gasteiger partial charge in [-0.15, -0.1) is 0 Å². The van der Waals surface area contributed by atoms with Gasteiger partial charge in [0.1, 0.15) is 0 Å². The van der Waals surface area contributed by atoms with Gasteiger partial charge >= 0.3 is 0 Å². The van der Waals surface area contributed by atoms with Gasteiger partial charge in [-0.2, -0.15) is 0 Å². The van der Waals surface area contributed by atoms with Gasteiger partial charge in [-0.1, -0.05) is 6.07 Å². The number of piperidine rings is 3. The minimum absolute atomic E-state index is 0.0705. The second-order valence-corrected chi connectivity index (χ2v) is 10.6. The van der Waals surface area contributed by atoms with Crippen LogP contribution in [-0.2, 0) is 6.42 Å². The summed E-state index contributed by atoms with van der Waals surface area (Å²) < 4.78 is 10.9. The number of rotatable bonds is 7. The van der Waals surface area contributed by atoms with Crippen molar-refractivity contribution in [2.45, 2.75) is 74.4 Å². The number of methoxy groups -OCH3 is 2. The van der Waals surface area contributed by atoms with E-state index in [1.165, 1.54) is 5.56 Å². The largest absolute Gasteiger partial charge is 0.493 e. The number of ether oxygens (including phenoxy) is 2. The van der Waals surface area contributed by atoms with Crippen LogP contribution < -0.4 is 37.7 Å². The van der Waals surface area contributed by atoms with Crippen molar-refractivity contribution in [1.29, 1.82) is 0 Å². The van der Waals surface area contributed by atoms with Gasteiger partial charge in [0, 0.05) is 75.0 Å². The molecule has 7 unspecified atom stereocenters. The minimum atomic E-state index is 0.0705. The highest BCUT2D eigenvalue weighted by Crippen LogP contribution is 2.30. The van der Waals surface area contributed by atoms with E-state index < -0.39 is 0 Å². The van der Waals surface area contributed by atoms with E-state index in [1.54, 1.807) is 14.2 Å². The third kappa shape index (κ3) is 6.02. The van der Waals surface area contributed by atoms with Crippen LogP contribution in [0.1, 0.15) is 31.2 Å². The fraction of sp³-hybridized carbons (Fsp3) is 0.760. The fourth-order valence-corrected chi connectivity index (χ4v) is 6.32. The number of likely N-dealkylation sites (tertiary alicyclic amines) is 2. The number of hydrogen-bond donors (Lipinski definition) is 5. The molecule has 3 aliphatic heterocycles. The van der Waals surface area contributed by atoms with Gasteiger partial charge in [-0.25, -0.2) is 0 Å². The Morgan fingerprint density at radius 3 is 2.24 bits per heavy atom. The maximum atomic E-state index is 6.72. The zero-order chi connectivity index (χ0) is 24.2. The van der Waals surface area contributed by atoms with E-state index in [4.69, 9.17) is 32.4 Å². The van der Waals surface area contributed by atoms with Crippen molar-refractivity contribution in [2.24, 2.45) is 22.9 Å². The topological polar surface area (TPSA) is 141 Å². The lowest BCUT2D eigenvalue weighted by Crippen LogP contribution is -2.66. The molecular weight excluding hydrogens is 430 g/mol. The van der Waals surface area contributed by atoms with Crippen LogP contribution in [-0.4, -0.2) is 99.0 Å². The third-order valence-corrected chi connectivity index (χ3v) is 7.95. The molecule has 34 heavy (non-hydrogen) atoms. The lowest BCUT2D eigenvalue weighted by molar-refractivity contribution is 0.0218. The maximum Gasteiger partial charge on any atom is 0.160 e. The van der Waals surface area contributed by atoms with Gasteiger partial charge < -0.3 is 37.7 Å². The van der Waals surface area contributed by atoms with Crippen LogP contribution in [0.15, 0.2) is 18.2 Å². The molecule has 3 aliphatic rings. The van der Waals surface area contributed by atoms with Crippen molar-refractivity contribution in [3.63, 3.8) is 0 Å². The smallest absolute Gasteiger partial charge is 0.160 e. The van der Waals surface area contributed by atoms with Crippen LogP contribution in [0.2, 0.25) is 0 Å². The molecule has 0 amide bonds. The maximum absolute atomic E-state index is 6.72. The first-order valence-corrected chi connectivity index (χ1v) is 12.8. The Morgan fingerprint density at radius 2 is 1.53 bits per heavy atom. The van der Waals surface area contributed by atoms with E-state index in [0.29, 0.717) is 18.1 Å². The predicted octanol–water partition coefficient (Wildman–Crippen LogP) is -0.544. The van der Waals surface area contributed by atoms with Crippen molar-refractivity contribution < 1.29 is 9.47 Å². The van der Waals surface area contributed by atoms with Gasteiger partial charge in [0.05, 0.1) is 14.2 Å². The average Bonchev–Trinajstić information content (AvgIpc) is 2.82. The summed E-state index contributed by atoms with van der Waals surface area (Å²) in [4.78, 5) is 5.10. The van der Waals surface area contributed by atoms with Crippen LogP contribution in [0.4, 0.5) is 0 Å². The van der Waals surface area contributed by atoms with E-state index in [2.05, 4.69) is 27.2 Å². The van der Waals surface area contributed by atoms with Gasteiger partial charge in [0.2, 0.25) is 0 Å². The molecular formula is C25H45N7O2. The van der Waals surface area contributed by atoms with Crippen LogP contribution >= 0.6 is 0 Å². The monoisotopic (exact) mass is 475 g/mol. The third-order valence-electron chi connectivity index (χ3n) is 7.95. The minimum Gasteiger partial charge on any atom is -0.493 e. The highest BCUT2D eigenvalue weighted by molar-refractivity contribution is 5.42. The first kappa shape index (κ1) is 25.6. The van der Waals surface area contributed by atoms with E-state index in [9.17, 15) is 0 Å². The van der Waals surface area contributed by atoms with Crippen molar-refractivity contribution in [3.05, 3.63) is 23.8 Å². The Kier molecular flexibility index (Phi) is 8.68. The molecule has 9 heteroatoms. The molecule has 0 radical (unpaired) electrons. The first-order valence-electron chi connectivity index (χ1n) is 12.8. The average molecular weight is 476 g/mol. The normalized spacial score (nSPS) is 35.8. The van der Waals surface area contributed by atoms with E-state index >= 15 is 0 Å². The number of hydrogen-bond acceptors (Lipinski definition) is 9. The summed E-state index contributed by atoms with van der Waals surface area (Å²) in [6, 6.07) is 7.82. The van der Waals surface area contributed by atoms with Gasteiger partial charge in [-0.05, 0) is 49.8 Å². The van der Waals surface area contributed by atoms with Gasteiger partial charge in [0.15, 0.2) is 11.5 Å². The van der Waals surface area contributed by atoms with Crippen LogP contribution in [0, 0.1) is 0 Å². The zero-order valence-electron chi connectivity index (χ0n) is 20.9. The number of aryl methyl sites for hydroxylation is 1. The van der Waals surface area contributed by atoms with E-state index in [0.717, 1.165) is 76.3 Å². The Bertz CT molecular complexity index is 787. The molecule has 3 fully saturated rings. The molecule has 0 saturated carbocycles. The summed E-state index contributed by atoms with van der Waals surface area (Å²) in [7, 11) is 3.34. The summed E-state index contributed by atoms with van der Waals surface area (Å²) >= 11 is 0. The molecule has 0 aliphatic carbocycles. The van der Waals surface area contributed by atoms with Crippen molar-refractivity contribution >= 4 is 0 Å². The predicted molar refractivity (Wildman–Crippen MR) is 136 cm³/mol. The fourth-order valence-electron chi connectivity index (χ4n) is 6.32. The Hall–Kier alpha value is -1.46. The lowest BCUT2D eigenvalue weighted by atomic mass is 9.86. The van der Waals surface area contributed by atoms with Crippen LogP contribution in [0.3, 0.4) is 0 Å². The second-order valence-electron chi connectivity index (χ2n) is 10.6. The number of nitrogens with two attached hydrogens (primary N) is 4. The molecule has 0 bridgehead atoms. The van der Waals surface area contributed by atoms with Crippen molar-refractivity contribution in [2.75, 3.05) is 46.9 Å². The number of nitrogens with zero attached hydrogens (tertiary/aromatic N) is 2. The van der Waals surface area contributed by atoms with Gasteiger partial charge in [-0.3, -0.25) is 9.80 Å². The summed E-state index contributed by atoms with van der Waals surface area (Å²) in [5, 5.41) is 3.68. The molecule has 0 spiro atoms. The highest BCUT2D eigenvalue weighted by atomic mass is 16.5. The SMILES string of the molecule is COc1ccc(CCC2C(N)CC(N)CN2C2CNCC(N3CC(N)CC(N)C3)C2)cc1OC. The Morgan fingerprint density at radius 1 is 0.853 bits per heavy atom. The summed E-state index contributed by atoms with van der Waals surface area (Å²) in [6.07, 6.45) is 4.80. The Balaban J connectivity index is 1.44. The molecule has 4 rings (SSSR count). The van der Waals surface area contributed by atoms with E-state index in [-0.39, 0.29) is 24.2 Å². The van der Waals surface area contributed by atoms with Crippen LogP contribution in [0.5, 0.6) is 11.5 Å². The summed E-state index contributed by atoms with van der Waals surface area (Å²) in [5.41, 5.74) is 27.0. The molecule has 3 saturated heterocycles. The molecule has 1 aromatic carbocycles. The second kappa shape index (κ2) is 11.5. The molecule has 0 aromatic heterocycles. The molecule has 192 valence electrons. The lowest BCUT2D eigenvalue weighted by Gasteiger charge is -2.50. The van der Waals surface area contributed by atoms with Crippen molar-refractivity contribution in [3.8, 4) is 11.5 Å². The molecule has 1 aromatic rings. The number of benzene rings is 1.